The van der Waals surface area contributed by atoms with Crippen LogP contribution >= 0.6 is 17.0 Å². The van der Waals surface area contributed by atoms with Crippen molar-refractivity contribution in [2.24, 2.45) is 0 Å². The van der Waals surface area contributed by atoms with Gasteiger partial charge in [-0.2, -0.15) is 0 Å². The molecule has 1 heterocycles. The molecule has 1 aliphatic heterocycles. The Hall–Kier alpha value is -5.08. The van der Waals surface area contributed by atoms with E-state index in [4.69, 9.17) is 0 Å². The summed E-state index contributed by atoms with van der Waals surface area (Å²) in [6.45, 7) is 13.5. The van der Waals surface area contributed by atoms with E-state index in [0.717, 1.165) is 12.8 Å². The van der Waals surface area contributed by atoms with Gasteiger partial charge in [0.25, 0.3) is 0 Å². The van der Waals surface area contributed by atoms with Crippen molar-refractivity contribution in [3.05, 3.63) is 219 Å². The molecule has 0 spiro atoms. The van der Waals surface area contributed by atoms with Crippen LogP contribution in [0.15, 0.2) is 175 Å². The maximum atomic E-state index is 9.49. The summed E-state index contributed by atoms with van der Waals surface area (Å²) in [6, 6.07) is 61.6. The van der Waals surface area contributed by atoms with Crippen LogP contribution in [0.4, 0.5) is 0 Å². The van der Waals surface area contributed by atoms with Crippen molar-refractivity contribution in [2.45, 2.75) is 61.6 Å². The van der Waals surface area contributed by atoms with Crippen LogP contribution in [-0.2, 0) is 16.4 Å². The number of aryl methyl sites for hydroxylation is 4. The van der Waals surface area contributed by atoms with Crippen LogP contribution in [0.5, 0.6) is 0 Å². The molecule has 0 fully saturated rings. The van der Waals surface area contributed by atoms with Crippen molar-refractivity contribution < 1.29 is 16.4 Å². The van der Waals surface area contributed by atoms with Gasteiger partial charge < -0.3 is 0 Å². The van der Waals surface area contributed by atoms with Crippen LogP contribution in [-0.4, -0.2) is 9.52 Å². The fourth-order valence-corrected chi connectivity index (χ4v) is 40.8. The standard InChI is InChI=1S/2C25H23.C12H9Si.2ClH.Zr/c2*1-4-19-15-21-10-11-23(20-8-6-5-7-9-20)25(24(21)16-19)22-13-17(2)12-18(3)14-22;1-3-7-11-9(5-1)10-6-2-4-8-12(10)13-11;;;/h2*5-16H,4H2,1-3H3;1-7H,13H2;2*1H;/q;;;;;+2/p-2. The summed E-state index contributed by atoms with van der Waals surface area (Å²) in [4.78, 5) is 0. The van der Waals surface area contributed by atoms with E-state index in [1.165, 1.54) is 125 Å². The summed E-state index contributed by atoms with van der Waals surface area (Å²) in [5, 5.41) is 2.93. The van der Waals surface area contributed by atoms with Crippen LogP contribution in [0.3, 0.4) is 0 Å². The van der Waals surface area contributed by atoms with E-state index in [1.807, 2.05) is 0 Å². The molecule has 2 unspecified atom stereocenters. The first-order chi connectivity index (χ1) is 32.0. The second kappa shape index (κ2) is 16.6. The van der Waals surface area contributed by atoms with Gasteiger partial charge in [-0.15, -0.1) is 0 Å². The first-order valence-electron chi connectivity index (χ1n) is 23.8. The molecule has 3 aliphatic rings. The van der Waals surface area contributed by atoms with Gasteiger partial charge in [0, 0.05) is 0 Å². The van der Waals surface area contributed by atoms with Gasteiger partial charge in [-0.05, 0) is 0 Å². The Bertz CT molecular complexity index is 3130. The molecule has 0 saturated heterocycles. The van der Waals surface area contributed by atoms with Crippen LogP contribution < -0.4 is 13.6 Å². The molecule has 0 aromatic heterocycles. The van der Waals surface area contributed by atoms with Gasteiger partial charge in [0.15, 0.2) is 0 Å². The zero-order chi connectivity index (χ0) is 45.5. The maximum absolute atomic E-state index is 9.49. The molecule has 2 aliphatic carbocycles. The third-order valence-electron chi connectivity index (χ3n) is 15.0. The van der Waals surface area contributed by atoms with Gasteiger partial charge in [0.05, 0.1) is 0 Å². The minimum atomic E-state index is -5.77. The van der Waals surface area contributed by atoms with Crippen LogP contribution in [0.1, 0.15) is 78.4 Å². The van der Waals surface area contributed by atoms with Crippen molar-refractivity contribution >= 4 is 52.3 Å². The molecular weight excluding hydrogens is 935 g/mol. The number of hydrogen-bond donors (Lipinski definition) is 0. The molecular formula is C62H55Cl2SiZr. The second-order valence-electron chi connectivity index (χ2n) is 19.3. The van der Waals surface area contributed by atoms with Crippen molar-refractivity contribution in [3.63, 3.8) is 0 Å². The van der Waals surface area contributed by atoms with E-state index < -0.39 is 25.9 Å². The fraction of sp³-hybridized carbons (Fsp3) is 0.161. The SMILES string of the molecule is CCC1=Cc2c(ccc(-c3ccccc3)c2-c2cc(C)cc(C)c2)[CH]1[Zr]([Cl])([Cl])([c]1cccc2c1[SiH2]c1ccccc1-2)[CH]1C(CC)=Cc2c1ccc(-c1ccccc1)c2-c1cc(C)cc(C)c1. The molecule has 0 amide bonds. The number of fused-ring (bicyclic) bond motifs is 5. The van der Waals surface area contributed by atoms with Crippen molar-refractivity contribution in [1.82, 2.24) is 0 Å². The van der Waals surface area contributed by atoms with Gasteiger partial charge in [-0.1, -0.05) is 0 Å². The Kier molecular flexibility index (Phi) is 10.9. The molecule has 8 aromatic rings. The van der Waals surface area contributed by atoms with Crippen molar-refractivity contribution in [1.29, 1.82) is 0 Å². The van der Waals surface area contributed by atoms with E-state index in [1.54, 1.807) is 0 Å². The number of benzene rings is 8. The average molecular weight is 990 g/mol. The first-order valence-corrected chi connectivity index (χ1v) is 35.6. The van der Waals surface area contributed by atoms with E-state index in [0.29, 0.717) is 0 Å². The Labute approximate surface area is 402 Å². The van der Waals surface area contributed by atoms with Crippen molar-refractivity contribution in [2.75, 3.05) is 0 Å². The summed E-state index contributed by atoms with van der Waals surface area (Å²) in [6.07, 6.45) is 6.76. The Morgan fingerprint density at radius 2 is 0.879 bits per heavy atom. The molecule has 0 N–H and O–H groups in total. The molecule has 0 saturated carbocycles. The van der Waals surface area contributed by atoms with Gasteiger partial charge in [-0.3, -0.25) is 0 Å². The zero-order valence-electron chi connectivity index (χ0n) is 38.8. The quantitative estimate of drug-likeness (QED) is 0.126. The molecule has 11 rings (SSSR count). The van der Waals surface area contributed by atoms with E-state index in [2.05, 4.69) is 217 Å². The average Bonchev–Trinajstić information content (AvgIpc) is 4.03. The van der Waals surface area contributed by atoms with E-state index in [-0.39, 0.29) is 7.25 Å². The summed E-state index contributed by atoms with van der Waals surface area (Å²) >= 11 is -5.77. The summed E-state index contributed by atoms with van der Waals surface area (Å²) in [7, 11) is 18.1. The Morgan fingerprint density at radius 3 is 1.35 bits per heavy atom. The Balaban J connectivity index is 1.24. The predicted molar refractivity (Wildman–Crippen MR) is 287 cm³/mol. The van der Waals surface area contributed by atoms with Gasteiger partial charge in [0.1, 0.15) is 0 Å². The Morgan fingerprint density at radius 1 is 0.439 bits per heavy atom. The van der Waals surface area contributed by atoms with Gasteiger partial charge in [-0.25, -0.2) is 0 Å². The molecule has 0 nitrogen and oxygen atoms in total. The van der Waals surface area contributed by atoms with Crippen LogP contribution in [0, 0.1) is 27.7 Å². The van der Waals surface area contributed by atoms with E-state index >= 15 is 0 Å². The third-order valence-corrected chi connectivity index (χ3v) is 37.8. The second-order valence-corrected chi connectivity index (χ2v) is 41.7. The summed E-state index contributed by atoms with van der Waals surface area (Å²) in [5.74, 6) is 0. The minimum absolute atomic E-state index is 0.155. The molecule has 8 aromatic carbocycles. The topological polar surface area (TPSA) is 0 Å². The molecule has 0 radical (unpaired) electrons. The monoisotopic (exact) mass is 987 g/mol. The number of halogens is 2. The molecule has 66 heavy (non-hydrogen) atoms. The van der Waals surface area contributed by atoms with Gasteiger partial charge >= 0.3 is 405 Å². The van der Waals surface area contributed by atoms with Crippen LogP contribution in [0.25, 0.3) is 67.8 Å². The summed E-state index contributed by atoms with van der Waals surface area (Å²) < 4.78 is 0.963. The predicted octanol–water partition coefficient (Wildman–Crippen LogP) is 15.4. The number of rotatable bonds is 9. The summed E-state index contributed by atoms with van der Waals surface area (Å²) in [5.41, 5.74) is 25.5. The van der Waals surface area contributed by atoms with Crippen molar-refractivity contribution in [3.8, 4) is 55.6 Å². The fourth-order valence-electron chi connectivity index (χ4n) is 12.5. The molecule has 4 heteroatoms. The third kappa shape index (κ3) is 6.85. The first kappa shape index (κ1) is 43.5. The van der Waals surface area contributed by atoms with Crippen LogP contribution in [0.2, 0.25) is 0 Å². The zero-order valence-corrected chi connectivity index (χ0v) is 44.2. The van der Waals surface area contributed by atoms with Gasteiger partial charge in [0.2, 0.25) is 0 Å². The number of hydrogen-bond acceptors (Lipinski definition) is 0. The number of allylic oxidation sites excluding steroid dienone is 2. The van der Waals surface area contributed by atoms with E-state index in [9.17, 15) is 17.0 Å². The normalized spacial score (nSPS) is 16.8. The molecule has 325 valence electrons. The molecule has 2 atom stereocenters. The molecule has 0 bridgehead atoms.